The van der Waals surface area contributed by atoms with Crippen molar-refractivity contribution in [2.24, 2.45) is 17.8 Å². The number of rotatable bonds is 3. The molecule has 0 amide bonds. The fraction of sp³-hybridized carbons (Fsp3) is 0.900. The molecule has 1 saturated heterocycles. The van der Waals surface area contributed by atoms with E-state index in [2.05, 4.69) is 18.0 Å². The highest BCUT2D eigenvalue weighted by molar-refractivity contribution is 5.04. The van der Waals surface area contributed by atoms with Crippen molar-refractivity contribution in [3.05, 3.63) is 0 Å². The molecule has 0 aromatic rings. The summed E-state index contributed by atoms with van der Waals surface area (Å²) in [5, 5.41) is 8.39. The molecular formula is C10H16N2. The zero-order valence-corrected chi connectivity index (χ0v) is 7.66. The summed E-state index contributed by atoms with van der Waals surface area (Å²) in [7, 11) is 2.21. The van der Waals surface area contributed by atoms with Crippen molar-refractivity contribution in [2.45, 2.75) is 19.3 Å². The quantitative estimate of drug-likeness (QED) is 0.591. The Bertz CT molecular complexity index is 194. The third kappa shape index (κ3) is 1.34. The molecule has 0 aromatic carbocycles. The van der Waals surface area contributed by atoms with Crippen LogP contribution in [0.3, 0.4) is 0 Å². The maximum atomic E-state index is 8.39. The van der Waals surface area contributed by atoms with Gasteiger partial charge in [0.15, 0.2) is 0 Å². The molecule has 0 aromatic heterocycles. The molecule has 1 saturated carbocycles. The monoisotopic (exact) mass is 164 g/mol. The first kappa shape index (κ1) is 8.07. The van der Waals surface area contributed by atoms with E-state index in [4.69, 9.17) is 5.26 Å². The Labute approximate surface area is 74.2 Å². The standard InChI is InChI=1S/C10H16N2/c1-12-6-9-8(10(9)7-12)4-2-3-5-11/h8-10H,2-4,6-7H2,1H3. The number of unbranched alkanes of at least 4 members (excludes halogenated alkanes) is 1. The maximum Gasteiger partial charge on any atom is 0.0621 e. The number of nitriles is 1. The molecule has 1 heterocycles. The molecule has 2 rings (SSSR count). The number of hydrogen-bond acceptors (Lipinski definition) is 2. The molecule has 2 heteroatoms. The Hall–Kier alpha value is -0.550. The summed E-state index contributed by atoms with van der Waals surface area (Å²) in [5.74, 6) is 2.97. The van der Waals surface area contributed by atoms with Crippen molar-refractivity contribution in [3.8, 4) is 6.07 Å². The van der Waals surface area contributed by atoms with E-state index < -0.39 is 0 Å². The van der Waals surface area contributed by atoms with Crippen molar-refractivity contribution in [2.75, 3.05) is 20.1 Å². The molecule has 2 nitrogen and oxygen atoms in total. The fourth-order valence-corrected chi connectivity index (χ4v) is 2.71. The number of likely N-dealkylation sites (tertiary alicyclic amines) is 1. The van der Waals surface area contributed by atoms with Crippen LogP contribution in [0.5, 0.6) is 0 Å². The van der Waals surface area contributed by atoms with E-state index in [1.165, 1.54) is 19.5 Å². The predicted octanol–water partition coefficient (Wildman–Crippen LogP) is 1.49. The van der Waals surface area contributed by atoms with Gasteiger partial charge in [0.25, 0.3) is 0 Å². The lowest BCUT2D eigenvalue weighted by Gasteiger charge is -2.11. The second-order valence-electron chi connectivity index (χ2n) is 4.26. The Balaban J connectivity index is 1.66. The summed E-state index contributed by atoms with van der Waals surface area (Å²) in [4.78, 5) is 2.43. The molecule has 12 heavy (non-hydrogen) atoms. The van der Waals surface area contributed by atoms with E-state index in [1.807, 2.05) is 0 Å². The Morgan fingerprint density at radius 1 is 1.42 bits per heavy atom. The van der Waals surface area contributed by atoms with E-state index in [-0.39, 0.29) is 0 Å². The molecular weight excluding hydrogens is 148 g/mol. The molecule has 2 fully saturated rings. The highest BCUT2D eigenvalue weighted by atomic mass is 15.2. The Kier molecular flexibility index (Phi) is 2.06. The molecule has 1 aliphatic carbocycles. The summed E-state index contributed by atoms with van der Waals surface area (Å²) >= 11 is 0. The van der Waals surface area contributed by atoms with E-state index in [9.17, 15) is 0 Å². The lowest BCUT2D eigenvalue weighted by Crippen LogP contribution is -2.18. The molecule has 0 spiro atoms. The van der Waals surface area contributed by atoms with Gasteiger partial charge in [-0.05, 0) is 37.6 Å². The average Bonchev–Trinajstić information content (AvgIpc) is 2.53. The SMILES string of the molecule is CN1CC2C(CCCC#N)C2C1. The largest absolute Gasteiger partial charge is 0.306 e. The van der Waals surface area contributed by atoms with Gasteiger partial charge in [0.05, 0.1) is 6.07 Å². The van der Waals surface area contributed by atoms with Gasteiger partial charge >= 0.3 is 0 Å². The first-order valence-electron chi connectivity index (χ1n) is 4.88. The van der Waals surface area contributed by atoms with E-state index >= 15 is 0 Å². The van der Waals surface area contributed by atoms with Crippen LogP contribution in [0.4, 0.5) is 0 Å². The molecule has 2 aliphatic rings. The molecule has 2 unspecified atom stereocenters. The van der Waals surface area contributed by atoms with E-state index in [0.717, 1.165) is 30.6 Å². The summed E-state index contributed by atoms with van der Waals surface area (Å²) in [5.41, 5.74) is 0. The van der Waals surface area contributed by atoms with Gasteiger partial charge in [0, 0.05) is 19.5 Å². The Morgan fingerprint density at radius 3 is 2.67 bits per heavy atom. The minimum Gasteiger partial charge on any atom is -0.306 e. The van der Waals surface area contributed by atoms with Gasteiger partial charge in [-0.15, -0.1) is 0 Å². The van der Waals surface area contributed by atoms with Gasteiger partial charge in [0.2, 0.25) is 0 Å². The third-order valence-corrected chi connectivity index (χ3v) is 3.38. The van der Waals surface area contributed by atoms with Gasteiger partial charge in [-0.3, -0.25) is 0 Å². The lowest BCUT2D eigenvalue weighted by atomic mass is 10.1. The fourth-order valence-electron chi connectivity index (χ4n) is 2.71. The zero-order valence-electron chi connectivity index (χ0n) is 7.66. The smallest absolute Gasteiger partial charge is 0.0621 e. The minimum absolute atomic E-state index is 0.756. The van der Waals surface area contributed by atoms with Crippen molar-refractivity contribution < 1.29 is 0 Å². The van der Waals surface area contributed by atoms with Crippen LogP contribution in [0.1, 0.15) is 19.3 Å². The van der Waals surface area contributed by atoms with Crippen LogP contribution in [0, 0.1) is 29.1 Å². The first-order chi connectivity index (χ1) is 5.83. The zero-order chi connectivity index (χ0) is 8.55. The number of nitrogens with zero attached hydrogens (tertiary/aromatic N) is 2. The van der Waals surface area contributed by atoms with Gasteiger partial charge in [0.1, 0.15) is 0 Å². The molecule has 0 N–H and O–H groups in total. The van der Waals surface area contributed by atoms with Crippen LogP contribution in [-0.4, -0.2) is 25.0 Å². The van der Waals surface area contributed by atoms with Crippen molar-refractivity contribution in [1.82, 2.24) is 4.90 Å². The number of fused-ring (bicyclic) bond motifs is 1. The summed E-state index contributed by atoms with van der Waals surface area (Å²) in [6.45, 7) is 2.61. The third-order valence-electron chi connectivity index (χ3n) is 3.38. The topological polar surface area (TPSA) is 27.0 Å². The Morgan fingerprint density at radius 2 is 2.08 bits per heavy atom. The molecule has 1 aliphatic heterocycles. The second-order valence-corrected chi connectivity index (χ2v) is 4.26. The highest BCUT2D eigenvalue weighted by Gasteiger charge is 2.53. The average molecular weight is 164 g/mol. The van der Waals surface area contributed by atoms with Crippen molar-refractivity contribution in [1.29, 1.82) is 5.26 Å². The summed E-state index contributed by atoms with van der Waals surface area (Å²) < 4.78 is 0. The van der Waals surface area contributed by atoms with E-state index in [1.54, 1.807) is 0 Å². The normalized spacial score (nSPS) is 39.2. The van der Waals surface area contributed by atoms with Gasteiger partial charge in [-0.1, -0.05) is 0 Å². The maximum absolute atomic E-state index is 8.39. The number of piperidine rings is 1. The van der Waals surface area contributed by atoms with Crippen LogP contribution in [0.25, 0.3) is 0 Å². The highest BCUT2D eigenvalue weighted by Crippen LogP contribution is 2.53. The summed E-state index contributed by atoms with van der Waals surface area (Å²) in [6.07, 6.45) is 3.18. The van der Waals surface area contributed by atoms with Crippen molar-refractivity contribution in [3.63, 3.8) is 0 Å². The molecule has 0 radical (unpaired) electrons. The predicted molar refractivity (Wildman–Crippen MR) is 47.4 cm³/mol. The first-order valence-corrected chi connectivity index (χ1v) is 4.88. The van der Waals surface area contributed by atoms with Crippen molar-refractivity contribution >= 4 is 0 Å². The van der Waals surface area contributed by atoms with Gasteiger partial charge in [-0.25, -0.2) is 0 Å². The van der Waals surface area contributed by atoms with Crippen LogP contribution >= 0.6 is 0 Å². The van der Waals surface area contributed by atoms with Gasteiger partial charge in [-0.2, -0.15) is 5.26 Å². The van der Waals surface area contributed by atoms with Crippen LogP contribution in [-0.2, 0) is 0 Å². The minimum atomic E-state index is 0.756. The van der Waals surface area contributed by atoms with E-state index in [0.29, 0.717) is 0 Å². The molecule has 2 atom stereocenters. The van der Waals surface area contributed by atoms with Gasteiger partial charge < -0.3 is 4.90 Å². The van der Waals surface area contributed by atoms with Crippen LogP contribution in [0.15, 0.2) is 0 Å². The second kappa shape index (κ2) is 3.06. The molecule has 0 bridgehead atoms. The van der Waals surface area contributed by atoms with Crippen LogP contribution in [0.2, 0.25) is 0 Å². The van der Waals surface area contributed by atoms with Crippen LogP contribution < -0.4 is 0 Å². The lowest BCUT2D eigenvalue weighted by molar-refractivity contribution is 0.337. The molecule has 66 valence electrons. The number of hydrogen-bond donors (Lipinski definition) is 0. The summed E-state index contributed by atoms with van der Waals surface area (Å²) in [6, 6.07) is 2.21.